The molecule has 7 heavy (non-hydrogen) atoms. The molecule has 0 aromatic rings. The molecule has 0 aliphatic heterocycles. The Morgan fingerprint density at radius 3 is 1.14 bits per heavy atom. The summed E-state index contributed by atoms with van der Waals surface area (Å²) in [4.78, 5) is 0. The van der Waals surface area contributed by atoms with Crippen LogP contribution in [0, 0.1) is 0 Å². The van der Waals surface area contributed by atoms with Crippen LogP contribution in [0.3, 0.4) is 0 Å². The molecular formula is AsNaO4Zr. The molecule has 0 bridgehead atoms. The van der Waals surface area contributed by atoms with E-state index in [9.17, 15) is 0 Å². The van der Waals surface area contributed by atoms with Crippen molar-refractivity contribution in [3.05, 3.63) is 0 Å². The van der Waals surface area contributed by atoms with E-state index in [1.54, 1.807) is 0 Å². The van der Waals surface area contributed by atoms with Crippen molar-refractivity contribution < 1.29 is 71.8 Å². The van der Waals surface area contributed by atoms with Crippen LogP contribution in [0.4, 0.5) is 0 Å². The summed E-state index contributed by atoms with van der Waals surface area (Å²) in [7, 11) is 0. The summed E-state index contributed by atoms with van der Waals surface area (Å²) in [6, 6.07) is 0. The molecule has 0 spiro atoms. The van der Waals surface area contributed by atoms with Gasteiger partial charge in [0.15, 0.2) is 0 Å². The van der Waals surface area contributed by atoms with Crippen LogP contribution in [0.1, 0.15) is 0 Å². The van der Waals surface area contributed by atoms with Crippen LogP contribution in [0.5, 0.6) is 0 Å². The number of rotatable bonds is 0. The van der Waals surface area contributed by atoms with E-state index in [2.05, 4.69) is 0 Å². The van der Waals surface area contributed by atoms with Gasteiger partial charge in [-0.15, -0.1) is 0 Å². The number of hydrogen-bond acceptors (Lipinski definition) is 4. The minimum atomic E-state index is -5.88. The summed E-state index contributed by atoms with van der Waals surface area (Å²) in [6.07, 6.45) is 0. The molecule has 0 aliphatic rings. The Bertz CT molecular complexity index is 57.8. The van der Waals surface area contributed by atoms with Crippen molar-refractivity contribution in [2.24, 2.45) is 0 Å². The molecule has 0 saturated carbocycles. The Hall–Kier alpha value is 2.12. The fourth-order valence-corrected chi connectivity index (χ4v) is 0. The van der Waals surface area contributed by atoms with Gasteiger partial charge in [0.2, 0.25) is 0 Å². The minimum Gasteiger partial charge on any atom is 1.00 e. The third kappa shape index (κ3) is 67.6. The minimum absolute atomic E-state index is 0. The quantitative estimate of drug-likeness (QED) is 0.401. The van der Waals surface area contributed by atoms with Crippen LogP contribution in [0.15, 0.2) is 0 Å². The molecular weight excluding hydrogens is 253 g/mol. The maximum atomic E-state index is 8.61. The Labute approximate surface area is 85.1 Å². The van der Waals surface area contributed by atoms with Crippen molar-refractivity contribution in [3.63, 3.8) is 0 Å². The smallest absolute Gasteiger partial charge is 1.00 e. The third-order valence-corrected chi connectivity index (χ3v) is 0. The van der Waals surface area contributed by atoms with Crippen LogP contribution in [0.2, 0.25) is 0 Å². The summed E-state index contributed by atoms with van der Waals surface area (Å²) in [5.41, 5.74) is 0. The Morgan fingerprint density at radius 1 is 1.14 bits per heavy atom. The van der Waals surface area contributed by atoms with Crippen molar-refractivity contribution in [1.29, 1.82) is 0 Å². The molecule has 0 aromatic carbocycles. The Morgan fingerprint density at radius 2 is 1.14 bits per heavy atom. The van der Waals surface area contributed by atoms with Crippen LogP contribution >= 0.6 is 0 Å². The first kappa shape index (κ1) is 16.1. The summed E-state index contributed by atoms with van der Waals surface area (Å²) >= 11 is -5.88. The molecule has 0 amide bonds. The van der Waals surface area contributed by atoms with E-state index in [-0.39, 0.29) is 55.8 Å². The van der Waals surface area contributed by atoms with Gasteiger partial charge >= 0.3 is 86.3 Å². The van der Waals surface area contributed by atoms with Gasteiger partial charge in [0.05, 0.1) is 0 Å². The molecule has 0 atom stereocenters. The molecule has 0 unspecified atom stereocenters. The first-order valence-electron chi connectivity index (χ1n) is 0.730. The molecule has 0 heterocycles. The van der Waals surface area contributed by atoms with Crippen LogP contribution in [0.25, 0.3) is 0 Å². The molecule has 0 aromatic heterocycles. The molecule has 4 nitrogen and oxygen atoms in total. The van der Waals surface area contributed by atoms with Gasteiger partial charge < -0.3 is 0 Å². The van der Waals surface area contributed by atoms with E-state index in [0.717, 1.165) is 0 Å². The van der Waals surface area contributed by atoms with Crippen LogP contribution < -0.4 is 41.8 Å². The van der Waals surface area contributed by atoms with E-state index in [4.69, 9.17) is 16.0 Å². The molecule has 0 N–H and O–H groups in total. The second-order valence-electron chi connectivity index (χ2n) is 0.447. The maximum Gasteiger partial charge on any atom is 2.00 e. The van der Waals surface area contributed by atoms with Gasteiger partial charge in [0.25, 0.3) is 0 Å². The average Bonchev–Trinajstić information content (AvgIpc) is 0.722. The first-order valence-corrected chi connectivity index (χ1v) is 3.79. The van der Waals surface area contributed by atoms with Gasteiger partial charge in [0.1, 0.15) is 0 Å². The summed E-state index contributed by atoms with van der Waals surface area (Å²) < 4.78 is 34.4. The van der Waals surface area contributed by atoms with Crippen LogP contribution in [-0.2, 0) is 29.9 Å². The maximum absolute atomic E-state index is 8.61. The van der Waals surface area contributed by atoms with Crippen molar-refractivity contribution in [1.82, 2.24) is 0 Å². The average molecular weight is 253 g/mol. The van der Waals surface area contributed by atoms with Gasteiger partial charge in [0, 0.05) is 0 Å². The van der Waals surface area contributed by atoms with Gasteiger partial charge in [-0.05, 0) is 0 Å². The van der Waals surface area contributed by atoms with Gasteiger partial charge in [-0.2, -0.15) is 0 Å². The Balaban J connectivity index is -0.0000000800. The molecule has 0 saturated heterocycles. The van der Waals surface area contributed by atoms with Gasteiger partial charge in [-0.3, -0.25) is 0 Å². The van der Waals surface area contributed by atoms with Gasteiger partial charge in [-0.25, -0.2) is 0 Å². The zero-order valence-corrected chi connectivity index (χ0v) is 9.91. The summed E-state index contributed by atoms with van der Waals surface area (Å²) in [6.45, 7) is 0. The summed E-state index contributed by atoms with van der Waals surface area (Å²) in [5.74, 6) is 0. The largest absolute Gasteiger partial charge is 2.00 e. The normalized spacial score (nSPS) is 8.43. The second-order valence-corrected chi connectivity index (χ2v) is 2.32. The molecule has 0 aliphatic carbocycles. The van der Waals surface area contributed by atoms with Crippen molar-refractivity contribution >= 4 is 14.5 Å². The third-order valence-electron chi connectivity index (χ3n) is 0. The van der Waals surface area contributed by atoms with E-state index in [1.165, 1.54) is 0 Å². The Kier molecular flexibility index (Phi) is 14.3. The monoisotopic (exact) mass is 252 g/mol. The second kappa shape index (κ2) is 6.24. The van der Waals surface area contributed by atoms with E-state index in [0.29, 0.717) is 0 Å². The fraction of sp³-hybridized carbons (Fsp3) is 0. The number of hydrogen-bond donors (Lipinski definition) is 0. The van der Waals surface area contributed by atoms with Crippen LogP contribution in [-0.4, -0.2) is 14.5 Å². The summed E-state index contributed by atoms with van der Waals surface area (Å²) in [5, 5.41) is 0. The van der Waals surface area contributed by atoms with Crippen molar-refractivity contribution in [2.75, 3.05) is 0 Å². The van der Waals surface area contributed by atoms with Crippen molar-refractivity contribution in [2.45, 2.75) is 0 Å². The van der Waals surface area contributed by atoms with E-state index in [1.807, 2.05) is 0 Å². The first-order chi connectivity index (χ1) is 2.00. The molecule has 0 radical (unpaired) electrons. The van der Waals surface area contributed by atoms with E-state index < -0.39 is 14.5 Å². The molecule has 7 heteroatoms. The van der Waals surface area contributed by atoms with Crippen molar-refractivity contribution in [3.8, 4) is 0 Å². The van der Waals surface area contributed by atoms with Gasteiger partial charge in [-0.1, -0.05) is 0 Å². The zero-order chi connectivity index (χ0) is 4.50. The predicted molar refractivity (Wildman–Crippen MR) is 6.44 cm³/mol. The SMILES string of the molecule is O=[As]([O-])([O-])[O-].[Na+].[Zr+2]. The molecule has 0 fully saturated rings. The molecule has 0 rings (SSSR count). The topological polar surface area (TPSA) is 86.2 Å². The zero-order valence-electron chi connectivity index (χ0n) is 3.58. The predicted octanol–water partition coefficient (Wildman–Crippen LogP) is -7.07. The van der Waals surface area contributed by atoms with E-state index >= 15 is 0 Å². The molecule has 34 valence electrons. The fourth-order valence-electron chi connectivity index (χ4n) is 0. The standard InChI is InChI=1S/AsH3O4.Na.Zr/c2-1(3,4)5;;/h(H3,2,3,4,5);;/q;+1;+2/p-3.